The van der Waals surface area contributed by atoms with E-state index in [0.29, 0.717) is 10.2 Å². The van der Waals surface area contributed by atoms with Gasteiger partial charge in [-0.3, -0.25) is 0 Å². The molecule has 0 aromatic carbocycles. The van der Waals surface area contributed by atoms with Gasteiger partial charge < -0.3 is 10.1 Å². The first kappa shape index (κ1) is 7.27. The summed E-state index contributed by atoms with van der Waals surface area (Å²) in [6, 6.07) is 1.66. The number of aromatic nitrogens is 1. The number of aromatic amines is 1. The third-order valence-corrected chi connectivity index (χ3v) is 1.56. The van der Waals surface area contributed by atoms with Crippen molar-refractivity contribution >= 4 is 21.7 Å². The Hall–Kier alpha value is -0.840. The van der Waals surface area contributed by atoms with Gasteiger partial charge in [-0.05, 0) is 27.8 Å². The Balaban J connectivity index is 3.15. The molecule has 1 heterocycles. The number of nitro groups is 1. The van der Waals surface area contributed by atoms with Gasteiger partial charge in [0.25, 0.3) is 0 Å². The summed E-state index contributed by atoms with van der Waals surface area (Å²) in [7, 11) is 0. The lowest BCUT2D eigenvalue weighted by Gasteiger charge is -1.88. The van der Waals surface area contributed by atoms with Gasteiger partial charge in [-0.15, -0.1) is 0 Å². The first-order valence-electron chi connectivity index (χ1n) is 2.61. The molecule has 10 heavy (non-hydrogen) atoms. The van der Waals surface area contributed by atoms with Gasteiger partial charge in [0.15, 0.2) is 4.60 Å². The highest BCUT2D eigenvalue weighted by Crippen LogP contribution is 2.20. The molecule has 5 heteroatoms. The van der Waals surface area contributed by atoms with E-state index in [9.17, 15) is 10.1 Å². The molecule has 0 spiro atoms. The fourth-order valence-corrected chi connectivity index (χ4v) is 1.23. The summed E-state index contributed by atoms with van der Waals surface area (Å²) >= 11 is 3.09. The zero-order chi connectivity index (χ0) is 7.72. The molecular formula is C5H5BrN2O2. The minimum absolute atomic E-state index is 0.0480. The standard InChI is InChI=1S/C5H5BrN2O2/c1-3-2-4(6)7-5(3)8(9)10/h2,7H,1H3. The lowest BCUT2D eigenvalue weighted by atomic mass is 10.4. The number of nitrogens with zero attached hydrogens (tertiary/aromatic N) is 1. The van der Waals surface area contributed by atoms with Gasteiger partial charge in [-0.1, -0.05) is 0 Å². The Morgan fingerprint density at radius 3 is 2.60 bits per heavy atom. The van der Waals surface area contributed by atoms with Crippen molar-refractivity contribution in [2.24, 2.45) is 0 Å². The molecule has 0 saturated carbocycles. The molecule has 0 atom stereocenters. The number of nitrogens with one attached hydrogen (secondary N) is 1. The Morgan fingerprint density at radius 2 is 2.40 bits per heavy atom. The molecule has 0 radical (unpaired) electrons. The van der Waals surface area contributed by atoms with Crippen molar-refractivity contribution in [2.75, 3.05) is 0 Å². The molecule has 4 nitrogen and oxygen atoms in total. The molecule has 0 aliphatic heterocycles. The SMILES string of the molecule is Cc1cc(Br)[nH]c1[N+](=O)[O-]. The zero-order valence-corrected chi connectivity index (χ0v) is 6.81. The number of halogens is 1. The van der Waals surface area contributed by atoms with Gasteiger partial charge in [-0.2, -0.15) is 0 Å². The molecule has 1 aromatic rings. The number of hydrogen-bond donors (Lipinski definition) is 1. The van der Waals surface area contributed by atoms with E-state index in [2.05, 4.69) is 20.9 Å². The second-order valence-electron chi connectivity index (χ2n) is 1.91. The van der Waals surface area contributed by atoms with Crippen LogP contribution in [0.5, 0.6) is 0 Å². The monoisotopic (exact) mass is 204 g/mol. The zero-order valence-electron chi connectivity index (χ0n) is 5.22. The van der Waals surface area contributed by atoms with Crippen LogP contribution in [0.25, 0.3) is 0 Å². The van der Waals surface area contributed by atoms with Crippen molar-refractivity contribution in [3.63, 3.8) is 0 Å². The fraction of sp³-hybridized carbons (Fsp3) is 0.200. The van der Waals surface area contributed by atoms with Crippen molar-refractivity contribution in [3.8, 4) is 0 Å². The van der Waals surface area contributed by atoms with Crippen LogP contribution in [0, 0.1) is 17.0 Å². The molecule has 1 aromatic heterocycles. The summed E-state index contributed by atoms with van der Waals surface area (Å²) in [5.41, 5.74) is 0.636. The molecule has 0 saturated heterocycles. The fourth-order valence-electron chi connectivity index (χ4n) is 0.696. The molecule has 0 aliphatic carbocycles. The molecule has 1 N–H and O–H groups in total. The molecule has 0 amide bonds. The molecule has 0 aliphatic rings. The topological polar surface area (TPSA) is 58.9 Å². The number of rotatable bonds is 1. The molecule has 1 rings (SSSR count). The van der Waals surface area contributed by atoms with E-state index in [1.807, 2.05) is 0 Å². The largest absolute Gasteiger partial charge is 0.358 e. The van der Waals surface area contributed by atoms with E-state index < -0.39 is 4.92 Å². The van der Waals surface area contributed by atoms with Crippen LogP contribution in [0.1, 0.15) is 5.56 Å². The molecular weight excluding hydrogens is 200 g/mol. The van der Waals surface area contributed by atoms with Gasteiger partial charge >= 0.3 is 5.82 Å². The lowest BCUT2D eigenvalue weighted by molar-refractivity contribution is -0.389. The maximum Gasteiger partial charge on any atom is 0.324 e. The maximum atomic E-state index is 10.2. The second kappa shape index (κ2) is 2.42. The normalized spacial score (nSPS) is 9.80. The predicted octanol–water partition coefficient (Wildman–Crippen LogP) is 1.99. The quantitative estimate of drug-likeness (QED) is 0.562. The van der Waals surface area contributed by atoms with Crippen LogP contribution < -0.4 is 0 Å². The number of aryl methyl sites for hydroxylation is 1. The smallest absolute Gasteiger partial charge is 0.324 e. The minimum atomic E-state index is -0.444. The summed E-state index contributed by atoms with van der Waals surface area (Å²) in [6.07, 6.45) is 0. The van der Waals surface area contributed by atoms with Gasteiger partial charge in [0.1, 0.15) is 0 Å². The highest BCUT2D eigenvalue weighted by molar-refractivity contribution is 9.10. The molecule has 0 unspecified atom stereocenters. The first-order chi connectivity index (χ1) is 4.61. The van der Waals surface area contributed by atoms with Crippen LogP contribution in [-0.2, 0) is 0 Å². The van der Waals surface area contributed by atoms with Crippen molar-refractivity contribution in [3.05, 3.63) is 26.3 Å². The average molecular weight is 205 g/mol. The number of H-pyrrole nitrogens is 1. The summed E-state index contributed by atoms with van der Waals surface area (Å²) in [6.45, 7) is 1.68. The summed E-state index contributed by atoms with van der Waals surface area (Å²) < 4.78 is 0.636. The molecule has 0 fully saturated rings. The van der Waals surface area contributed by atoms with Gasteiger partial charge in [-0.25, -0.2) is 4.98 Å². The van der Waals surface area contributed by atoms with E-state index >= 15 is 0 Å². The van der Waals surface area contributed by atoms with Crippen LogP contribution in [0.4, 0.5) is 5.82 Å². The minimum Gasteiger partial charge on any atom is -0.358 e. The number of hydrogen-bond acceptors (Lipinski definition) is 2. The van der Waals surface area contributed by atoms with Crippen molar-refractivity contribution in [1.29, 1.82) is 0 Å². The Labute approximate surface area is 65.5 Å². The van der Waals surface area contributed by atoms with E-state index in [1.165, 1.54) is 0 Å². The Bertz CT molecular complexity index is 269. The predicted molar refractivity (Wildman–Crippen MR) is 39.9 cm³/mol. The van der Waals surface area contributed by atoms with Crippen molar-refractivity contribution in [1.82, 2.24) is 4.98 Å². The Morgan fingerprint density at radius 1 is 1.80 bits per heavy atom. The lowest BCUT2D eigenvalue weighted by Crippen LogP contribution is -1.88. The van der Waals surface area contributed by atoms with Gasteiger partial charge in [0.2, 0.25) is 0 Å². The first-order valence-corrected chi connectivity index (χ1v) is 3.40. The third kappa shape index (κ3) is 1.18. The summed E-state index contributed by atoms with van der Waals surface area (Å²) in [5, 5.41) is 10.2. The highest BCUT2D eigenvalue weighted by atomic mass is 79.9. The van der Waals surface area contributed by atoms with E-state index in [-0.39, 0.29) is 5.82 Å². The van der Waals surface area contributed by atoms with Crippen LogP contribution in [0.3, 0.4) is 0 Å². The summed E-state index contributed by atoms with van der Waals surface area (Å²) in [4.78, 5) is 12.3. The third-order valence-electron chi connectivity index (χ3n) is 1.14. The molecule has 0 bridgehead atoms. The van der Waals surface area contributed by atoms with Crippen molar-refractivity contribution in [2.45, 2.75) is 6.92 Å². The van der Waals surface area contributed by atoms with Gasteiger partial charge in [0.05, 0.1) is 0 Å². The van der Waals surface area contributed by atoms with Crippen LogP contribution >= 0.6 is 15.9 Å². The highest BCUT2D eigenvalue weighted by Gasteiger charge is 2.11. The molecule has 54 valence electrons. The Kier molecular flexibility index (Phi) is 1.76. The maximum absolute atomic E-state index is 10.2. The van der Waals surface area contributed by atoms with E-state index in [0.717, 1.165) is 0 Å². The van der Waals surface area contributed by atoms with Crippen LogP contribution in [0.15, 0.2) is 10.7 Å². The van der Waals surface area contributed by atoms with Crippen LogP contribution in [-0.4, -0.2) is 9.91 Å². The average Bonchev–Trinajstić information content (AvgIpc) is 2.10. The van der Waals surface area contributed by atoms with E-state index in [1.54, 1.807) is 13.0 Å². The van der Waals surface area contributed by atoms with E-state index in [4.69, 9.17) is 0 Å². The van der Waals surface area contributed by atoms with Crippen LogP contribution in [0.2, 0.25) is 0 Å². The summed E-state index contributed by atoms with van der Waals surface area (Å²) in [5.74, 6) is 0.0480. The van der Waals surface area contributed by atoms with Crippen molar-refractivity contribution < 1.29 is 4.92 Å². The van der Waals surface area contributed by atoms with Gasteiger partial charge in [0, 0.05) is 11.6 Å². The second-order valence-corrected chi connectivity index (χ2v) is 2.76.